The molecule has 0 atom stereocenters. The van der Waals surface area contributed by atoms with Crippen LogP contribution in [0.15, 0.2) is 95.0 Å². The Hall–Kier alpha value is -4.19. The lowest BCUT2D eigenvalue weighted by Gasteiger charge is -2.11. The monoisotopic (exact) mass is 452 g/mol. The van der Waals surface area contributed by atoms with Gasteiger partial charge in [0.05, 0.1) is 31.1 Å². The minimum atomic E-state index is 0.555. The number of para-hydroxylation sites is 2. The van der Waals surface area contributed by atoms with E-state index >= 15 is 0 Å². The molecule has 0 aliphatic rings. The van der Waals surface area contributed by atoms with Crippen molar-refractivity contribution in [2.45, 2.75) is 19.8 Å². The zero-order valence-corrected chi connectivity index (χ0v) is 19.4. The molecule has 0 amide bonds. The van der Waals surface area contributed by atoms with E-state index in [1.54, 1.807) is 13.3 Å². The molecule has 1 heterocycles. The van der Waals surface area contributed by atoms with Crippen molar-refractivity contribution < 1.29 is 9.47 Å². The van der Waals surface area contributed by atoms with Crippen LogP contribution in [0.5, 0.6) is 11.5 Å². The van der Waals surface area contributed by atoms with Gasteiger partial charge in [0, 0.05) is 5.39 Å². The van der Waals surface area contributed by atoms with Crippen LogP contribution < -0.4 is 14.9 Å². The predicted molar refractivity (Wildman–Crippen MR) is 139 cm³/mol. The molecule has 6 heteroatoms. The highest BCUT2D eigenvalue weighted by molar-refractivity contribution is 6.00. The Labute approximate surface area is 200 Å². The average molecular weight is 453 g/mol. The van der Waals surface area contributed by atoms with E-state index in [1.165, 1.54) is 0 Å². The van der Waals surface area contributed by atoms with Gasteiger partial charge in [-0.1, -0.05) is 55.8 Å². The highest BCUT2D eigenvalue weighted by Gasteiger charge is 2.08. The van der Waals surface area contributed by atoms with E-state index in [9.17, 15) is 0 Å². The molecule has 0 saturated heterocycles. The lowest BCUT2D eigenvalue weighted by molar-refractivity contribution is 0.288. The molecule has 0 bridgehead atoms. The molecule has 1 aromatic heterocycles. The first-order chi connectivity index (χ1) is 16.8. The minimum Gasteiger partial charge on any atom is -0.493 e. The third kappa shape index (κ3) is 5.98. The van der Waals surface area contributed by atoms with Gasteiger partial charge < -0.3 is 9.47 Å². The van der Waals surface area contributed by atoms with Gasteiger partial charge >= 0.3 is 0 Å². The van der Waals surface area contributed by atoms with E-state index in [2.05, 4.69) is 17.5 Å². The largest absolute Gasteiger partial charge is 0.493 e. The number of aliphatic imine (C=N–C) groups is 1. The SMILES string of the molecule is CCCCOc1ccc(/C=N/NC(=Nc2ccccc2)c2ccc3ccccc3n2)cc1OC. The molecule has 34 heavy (non-hydrogen) atoms. The Morgan fingerprint density at radius 3 is 2.59 bits per heavy atom. The number of hydrogen-bond acceptors (Lipinski definition) is 5. The summed E-state index contributed by atoms with van der Waals surface area (Å²) in [6.45, 7) is 2.80. The number of hydrazone groups is 1. The summed E-state index contributed by atoms with van der Waals surface area (Å²) in [5, 5.41) is 5.50. The fourth-order valence-electron chi connectivity index (χ4n) is 3.35. The third-order valence-electron chi connectivity index (χ3n) is 5.17. The Morgan fingerprint density at radius 2 is 1.76 bits per heavy atom. The Balaban J connectivity index is 1.57. The molecular weight excluding hydrogens is 424 g/mol. The van der Waals surface area contributed by atoms with Crippen molar-refractivity contribution in [3.8, 4) is 11.5 Å². The third-order valence-corrected chi connectivity index (χ3v) is 5.17. The van der Waals surface area contributed by atoms with Crippen LogP contribution in [-0.4, -0.2) is 30.8 Å². The summed E-state index contributed by atoms with van der Waals surface area (Å²) in [5.74, 6) is 1.96. The van der Waals surface area contributed by atoms with Crippen molar-refractivity contribution in [1.29, 1.82) is 0 Å². The maximum atomic E-state index is 5.81. The maximum Gasteiger partial charge on any atom is 0.173 e. The van der Waals surface area contributed by atoms with Crippen molar-refractivity contribution in [2.75, 3.05) is 13.7 Å². The molecular formula is C28H28N4O2. The number of unbranched alkanes of at least 4 members (excludes halogenated alkanes) is 1. The van der Waals surface area contributed by atoms with E-state index in [4.69, 9.17) is 19.5 Å². The normalized spacial score (nSPS) is 11.6. The van der Waals surface area contributed by atoms with Crippen LogP contribution in [0.4, 0.5) is 5.69 Å². The van der Waals surface area contributed by atoms with Gasteiger partial charge in [-0.25, -0.2) is 9.98 Å². The van der Waals surface area contributed by atoms with Gasteiger partial charge in [0.15, 0.2) is 17.3 Å². The smallest absolute Gasteiger partial charge is 0.173 e. The van der Waals surface area contributed by atoms with Gasteiger partial charge in [-0.3, -0.25) is 5.43 Å². The van der Waals surface area contributed by atoms with Gasteiger partial charge in [-0.15, -0.1) is 0 Å². The maximum absolute atomic E-state index is 5.81. The van der Waals surface area contributed by atoms with Crippen LogP contribution in [0.25, 0.3) is 10.9 Å². The molecule has 6 nitrogen and oxygen atoms in total. The summed E-state index contributed by atoms with van der Waals surface area (Å²) in [7, 11) is 1.64. The van der Waals surface area contributed by atoms with Crippen molar-refractivity contribution in [2.24, 2.45) is 10.1 Å². The molecule has 0 unspecified atom stereocenters. The van der Waals surface area contributed by atoms with Crippen molar-refractivity contribution in [3.05, 3.63) is 96.2 Å². The molecule has 1 N–H and O–H groups in total. The van der Waals surface area contributed by atoms with Crippen LogP contribution in [0, 0.1) is 0 Å². The van der Waals surface area contributed by atoms with Crippen LogP contribution in [0.2, 0.25) is 0 Å². The second-order valence-corrected chi connectivity index (χ2v) is 7.67. The number of benzene rings is 3. The molecule has 0 aliphatic carbocycles. The zero-order chi connectivity index (χ0) is 23.6. The standard InChI is InChI=1S/C28H28N4O2/c1-3-4-18-34-26-17-14-21(19-27(26)33-2)20-29-32-28(30-23-11-6-5-7-12-23)25-16-15-22-10-8-9-13-24(22)31-25/h5-17,19-20H,3-4,18H2,1-2H3,(H,30,32)/b29-20+. The fourth-order valence-corrected chi connectivity index (χ4v) is 3.35. The Morgan fingerprint density at radius 1 is 0.941 bits per heavy atom. The van der Waals surface area contributed by atoms with Crippen LogP contribution >= 0.6 is 0 Å². The lowest BCUT2D eigenvalue weighted by atomic mass is 10.2. The lowest BCUT2D eigenvalue weighted by Crippen LogP contribution is -2.20. The Kier molecular flexibility index (Phi) is 7.85. The summed E-state index contributed by atoms with van der Waals surface area (Å²) >= 11 is 0. The average Bonchev–Trinajstić information content (AvgIpc) is 2.89. The van der Waals surface area contributed by atoms with Gasteiger partial charge in [-0.05, 0) is 54.4 Å². The first-order valence-electron chi connectivity index (χ1n) is 11.4. The molecule has 4 aromatic rings. The van der Waals surface area contributed by atoms with E-state index < -0.39 is 0 Å². The first-order valence-corrected chi connectivity index (χ1v) is 11.4. The molecule has 0 fully saturated rings. The number of amidine groups is 1. The first kappa shape index (κ1) is 23.0. The van der Waals surface area contributed by atoms with Gasteiger partial charge in [0.2, 0.25) is 0 Å². The van der Waals surface area contributed by atoms with Crippen molar-refractivity contribution in [1.82, 2.24) is 10.4 Å². The van der Waals surface area contributed by atoms with Gasteiger partial charge in [0.1, 0.15) is 5.69 Å². The molecule has 0 saturated carbocycles. The molecule has 0 radical (unpaired) electrons. The second kappa shape index (κ2) is 11.6. The highest BCUT2D eigenvalue weighted by Crippen LogP contribution is 2.27. The number of hydrogen-bond donors (Lipinski definition) is 1. The highest BCUT2D eigenvalue weighted by atomic mass is 16.5. The number of nitrogens with zero attached hydrogens (tertiary/aromatic N) is 3. The Bertz CT molecular complexity index is 1290. The number of rotatable bonds is 9. The second-order valence-electron chi connectivity index (χ2n) is 7.67. The number of fused-ring (bicyclic) bond motifs is 1. The number of pyridine rings is 1. The van der Waals surface area contributed by atoms with Crippen LogP contribution in [-0.2, 0) is 0 Å². The predicted octanol–water partition coefficient (Wildman–Crippen LogP) is 6.12. The van der Waals surface area contributed by atoms with Crippen LogP contribution in [0.1, 0.15) is 31.0 Å². The summed E-state index contributed by atoms with van der Waals surface area (Å²) in [4.78, 5) is 9.51. The molecule has 0 spiro atoms. The molecule has 3 aromatic carbocycles. The number of aromatic nitrogens is 1. The topological polar surface area (TPSA) is 68.1 Å². The van der Waals surface area contributed by atoms with E-state index in [0.717, 1.165) is 40.7 Å². The fraction of sp³-hybridized carbons (Fsp3) is 0.179. The van der Waals surface area contributed by atoms with E-state index in [1.807, 2.05) is 84.9 Å². The van der Waals surface area contributed by atoms with E-state index in [-0.39, 0.29) is 0 Å². The zero-order valence-electron chi connectivity index (χ0n) is 19.4. The van der Waals surface area contributed by atoms with Crippen molar-refractivity contribution >= 4 is 28.6 Å². The van der Waals surface area contributed by atoms with Crippen molar-refractivity contribution in [3.63, 3.8) is 0 Å². The molecule has 4 rings (SSSR count). The summed E-state index contributed by atoms with van der Waals surface area (Å²) < 4.78 is 11.3. The molecule has 0 aliphatic heterocycles. The minimum absolute atomic E-state index is 0.555. The summed E-state index contributed by atoms with van der Waals surface area (Å²) in [6, 6.07) is 27.4. The van der Waals surface area contributed by atoms with Gasteiger partial charge in [-0.2, -0.15) is 5.10 Å². The number of ether oxygens (including phenoxy) is 2. The van der Waals surface area contributed by atoms with Gasteiger partial charge in [0.25, 0.3) is 0 Å². The van der Waals surface area contributed by atoms with Crippen LogP contribution in [0.3, 0.4) is 0 Å². The number of methoxy groups -OCH3 is 1. The summed E-state index contributed by atoms with van der Waals surface area (Å²) in [5.41, 5.74) is 6.36. The quantitative estimate of drug-likeness (QED) is 0.144. The number of nitrogens with one attached hydrogen (secondary N) is 1. The molecule has 172 valence electrons. The van der Waals surface area contributed by atoms with E-state index in [0.29, 0.717) is 23.9 Å². The summed E-state index contributed by atoms with van der Waals surface area (Å²) in [6.07, 6.45) is 3.81.